The normalized spacial score (nSPS) is 16.8. The van der Waals surface area contributed by atoms with Crippen LogP contribution in [0.25, 0.3) is 11.3 Å². The maximum Gasteiger partial charge on any atom is 0.225 e. The van der Waals surface area contributed by atoms with Crippen LogP contribution in [0.15, 0.2) is 30.3 Å². The van der Waals surface area contributed by atoms with Crippen LogP contribution in [-0.4, -0.2) is 48.0 Å². The Morgan fingerprint density at radius 1 is 1.22 bits per heavy atom. The quantitative estimate of drug-likeness (QED) is 0.806. The van der Waals surface area contributed by atoms with E-state index in [9.17, 15) is 4.79 Å². The fraction of sp³-hybridized carbons (Fsp3) is 0.500. The maximum absolute atomic E-state index is 12.4. The average Bonchev–Trinajstić information content (AvgIpc) is 3.11. The van der Waals surface area contributed by atoms with Gasteiger partial charge in [0.05, 0.1) is 11.4 Å². The number of aryl methyl sites for hydroxylation is 1. The van der Waals surface area contributed by atoms with Gasteiger partial charge in [-0.15, -0.1) is 0 Å². The average molecular weight is 367 g/mol. The highest BCUT2D eigenvalue weighted by molar-refractivity contribution is 5.76. The molecule has 3 rings (SSSR count). The number of hydrogen-bond donors (Lipinski definition) is 0. The molecule has 1 fully saturated rings. The Kier molecular flexibility index (Phi) is 5.78. The number of carbonyl (C=O) groups excluding carboxylic acids is 1. The molecule has 0 spiro atoms. The molecule has 1 atom stereocenters. The van der Waals surface area contributed by atoms with Crippen LogP contribution in [0, 0.1) is 12.8 Å². The Bertz CT molecular complexity index is 798. The van der Waals surface area contributed by atoms with Crippen LogP contribution >= 0.6 is 0 Å². The van der Waals surface area contributed by atoms with Crippen molar-refractivity contribution in [1.29, 1.82) is 0 Å². The van der Waals surface area contributed by atoms with Gasteiger partial charge in [-0.2, -0.15) is 0 Å². The molecule has 1 aromatic carbocycles. The van der Waals surface area contributed by atoms with Crippen LogP contribution in [0.4, 0.5) is 5.95 Å². The molecule has 27 heavy (non-hydrogen) atoms. The van der Waals surface area contributed by atoms with Crippen LogP contribution in [0.3, 0.4) is 0 Å². The Morgan fingerprint density at radius 2 is 1.93 bits per heavy atom. The molecule has 2 aromatic rings. The lowest BCUT2D eigenvalue weighted by atomic mass is 10.0. The third kappa shape index (κ3) is 4.65. The van der Waals surface area contributed by atoms with Gasteiger partial charge in [0.25, 0.3) is 0 Å². The second kappa shape index (κ2) is 8.07. The first kappa shape index (κ1) is 19.3. The molecule has 0 N–H and O–H groups in total. The van der Waals surface area contributed by atoms with Crippen molar-refractivity contribution >= 4 is 11.9 Å². The van der Waals surface area contributed by atoms with Gasteiger partial charge in [0.15, 0.2) is 0 Å². The number of nitrogens with zero attached hydrogens (tertiary/aromatic N) is 4. The highest BCUT2D eigenvalue weighted by atomic mass is 16.2. The summed E-state index contributed by atoms with van der Waals surface area (Å²) in [4.78, 5) is 25.9. The number of amides is 1. The van der Waals surface area contributed by atoms with Crippen molar-refractivity contribution in [2.24, 2.45) is 5.92 Å². The van der Waals surface area contributed by atoms with Crippen molar-refractivity contribution in [1.82, 2.24) is 14.9 Å². The molecule has 1 unspecified atom stereocenters. The zero-order valence-corrected chi connectivity index (χ0v) is 17.1. The van der Waals surface area contributed by atoms with E-state index in [1.54, 1.807) is 0 Å². The summed E-state index contributed by atoms with van der Waals surface area (Å²) < 4.78 is 0. The summed E-state index contributed by atoms with van der Waals surface area (Å²) in [6.45, 7) is 7.84. The molecule has 1 aromatic heterocycles. The lowest BCUT2D eigenvalue weighted by molar-refractivity contribution is -0.130. The van der Waals surface area contributed by atoms with Gasteiger partial charge in [0.1, 0.15) is 0 Å². The van der Waals surface area contributed by atoms with Gasteiger partial charge in [-0.05, 0) is 25.3 Å². The number of aromatic nitrogens is 2. The maximum atomic E-state index is 12.4. The van der Waals surface area contributed by atoms with E-state index >= 15 is 0 Å². The minimum atomic E-state index is 0.258. The number of rotatable bonds is 5. The van der Waals surface area contributed by atoms with Crippen molar-refractivity contribution in [3.8, 4) is 11.3 Å². The van der Waals surface area contributed by atoms with Gasteiger partial charge in [0.2, 0.25) is 11.9 Å². The van der Waals surface area contributed by atoms with Gasteiger partial charge < -0.3 is 9.80 Å². The minimum Gasteiger partial charge on any atom is -0.347 e. The molecule has 5 heteroatoms. The highest BCUT2D eigenvalue weighted by Crippen LogP contribution is 2.30. The van der Waals surface area contributed by atoms with Gasteiger partial charge >= 0.3 is 0 Å². The third-order valence-electron chi connectivity index (χ3n) is 5.02. The van der Waals surface area contributed by atoms with E-state index in [1.807, 2.05) is 23.9 Å². The van der Waals surface area contributed by atoms with E-state index in [0.717, 1.165) is 42.4 Å². The second-order valence-corrected chi connectivity index (χ2v) is 8.16. The summed E-state index contributed by atoms with van der Waals surface area (Å²) in [5.74, 6) is 1.64. The molecule has 0 saturated carbocycles. The second-order valence-electron chi connectivity index (χ2n) is 8.16. The van der Waals surface area contributed by atoms with E-state index in [1.165, 1.54) is 5.56 Å². The largest absolute Gasteiger partial charge is 0.347 e. The van der Waals surface area contributed by atoms with E-state index in [2.05, 4.69) is 51.1 Å². The predicted octanol–water partition coefficient (Wildman–Crippen LogP) is 3.88. The molecule has 0 aliphatic carbocycles. The molecule has 1 amide bonds. The van der Waals surface area contributed by atoms with Gasteiger partial charge in [-0.3, -0.25) is 4.79 Å². The van der Waals surface area contributed by atoms with Gasteiger partial charge in [0, 0.05) is 45.1 Å². The van der Waals surface area contributed by atoms with E-state index in [4.69, 9.17) is 9.97 Å². The topological polar surface area (TPSA) is 49.3 Å². The molecule has 2 heterocycles. The summed E-state index contributed by atoms with van der Waals surface area (Å²) in [5, 5.41) is 0. The van der Waals surface area contributed by atoms with Crippen LogP contribution < -0.4 is 4.90 Å². The van der Waals surface area contributed by atoms with Crippen molar-refractivity contribution in [2.45, 2.75) is 39.5 Å². The van der Waals surface area contributed by atoms with Crippen molar-refractivity contribution < 1.29 is 4.79 Å². The molecule has 0 radical (unpaired) electrons. The standard InChI is InChI=1S/C22H30N4O/c1-15(2)12-21(27)26-11-10-18(14-26)20-13-19(23-22(24-20)25(4)5)17-8-6-16(3)7-9-17/h6-9,13,15,18H,10-12,14H2,1-5H3. The number of hydrogen-bond acceptors (Lipinski definition) is 4. The van der Waals surface area contributed by atoms with Crippen molar-refractivity contribution in [3.63, 3.8) is 0 Å². The molecule has 1 aliphatic heterocycles. The summed E-state index contributed by atoms with van der Waals surface area (Å²) in [5.41, 5.74) is 4.30. The van der Waals surface area contributed by atoms with E-state index in [0.29, 0.717) is 12.3 Å². The smallest absolute Gasteiger partial charge is 0.225 e. The molecule has 0 bridgehead atoms. The predicted molar refractivity (Wildman–Crippen MR) is 110 cm³/mol. The first-order valence-corrected chi connectivity index (χ1v) is 9.74. The fourth-order valence-corrected chi connectivity index (χ4v) is 3.44. The Hall–Kier alpha value is -2.43. The van der Waals surface area contributed by atoms with Crippen molar-refractivity contribution in [3.05, 3.63) is 41.6 Å². The number of carbonyl (C=O) groups is 1. The summed E-state index contributed by atoms with van der Waals surface area (Å²) >= 11 is 0. The fourth-order valence-electron chi connectivity index (χ4n) is 3.44. The zero-order valence-electron chi connectivity index (χ0n) is 17.1. The SMILES string of the molecule is Cc1ccc(-c2cc(C3CCN(C(=O)CC(C)C)C3)nc(N(C)C)n2)cc1. The van der Waals surface area contributed by atoms with Gasteiger partial charge in [-0.25, -0.2) is 9.97 Å². The summed E-state index contributed by atoms with van der Waals surface area (Å²) in [6, 6.07) is 10.5. The van der Waals surface area contributed by atoms with E-state index in [-0.39, 0.29) is 11.8 Å². The van der Waals surface area contributed by atoms with Crippen LogP contribution in [0.2, 0.25) is 0 Å². The number of benzene rings is 1. The number of anilines is 1. The van der Waals surface area contributed by atoms with E-state index < -0.39 is 0 Å². The zero-order chi connectivity index (χ0) is 19.6. The van der Waals surface area contributed by atoms with Crippen LogP contribution in [0.5, 0.6) is 0 Å². The molecular weight excluding hydrogens is 336 g/mol. The van der Waals surface area contributed by atoms with Gasteiger partial charge in [-0.1, -0.05) is 43.7 Å². The van der Waals surface area contributed by atoms with Crippen LogP contribution in [0.1, 0.15) is 43.9 Å². The Morgan fingerprint density at radius 3 is 2.56 bits per heavy atom. The molecular formula is C22H30N4O. The number of likely N-dealkylation sites (tertiary alicyclic amines) is 1. The lowest BCUT2D eigenvalue weighted by Crippen LogP contribution is -2.29. The molecule has 144 valence electrons. The van der Waals surface area contributed by atoms with Crippen molar-refractivity contribution in [2.75, 3.05) is 32.1 Å². The summed E-state index contributed by atoms with van der Waals surface area (Å²) in [6.07, 6.45) is 1.58. The summed E-state index contributed by atoms with van der Waals surface area (Å²) in [7, 11) is 3.93. The lowest BCUT2D eigenvalue weighted by Gasteiger charge is -2.19. The minimum absolute atomic E-state index is 0.258. The molecule has 1 aliphatic rings. The Labute approximate surface area is 162 Å². The Balaban J connectivity index is 1.87. The highest BCUT2D eigenvalue weighted by Gasteiger charge is 2.29. The molecule has 1 saturated heterocycles. The third-order valence-corrected chi connectivity index (χ3v) is 5.02. The first-order valence-electron chi connectivity index (χ1n) is 9.74. The monoisotopic (exact) mass is 366 g/mol. The van der Waals surface area contributed by atoms with Crippen LogP contribution in [-0.2, 0) is 4.79 Å². The first-order chi connectivity index (χ1) is 12.8. The molecule has 5 nitrogen and oxygen atoms in total.